The Morgan fingerprint density at radius 3 is 1.97 bits per heavy atom. The Labute approximate surface area is 194 Å². The first-order chi connectivity index (χ1) is 15.8. The van der Waals surface area contributed by atoms with Crippen LogP contribution in [0.2, 0.25) is 0 Å². The predicted molar refractivity (Wildman–Crippen MR) is 123 cm³/mol. The first kappa shape index (κ1) is 23.9. The molecular formula is C22H29N3O6S2. The number of anilines is 1. The lowest BCUT2D eigenvalue weighted by Crippen LogP contribution is -2.35. The average Bonchev–Trinajstić information content (AvgIpc) is 3.16. The van der Waals surface area contributed by atoms with E-state index in [1.807, 2.05) is 0 Å². The van der Waals surface area contributed by atoms with Gasteiger partial charge in [-0.25, -0.2) is 16.8 Å². The molecule has 4 rings (SSSR count). The molecule has 0 spiro atoms. The van der Waals surface area contributed by atoms with E-state index in [-0.39, 0.29) is 21.4 Å². The largest absolute Gasteiger partial charge is 0.438 e. The molecule has 2 fully saturated rings. The van der Waals surface area contributed by atoms with Crippen LogP contribution in [0.3, 0.4) is 0 Å². The van der Waals surface area contributed by atoms with Crippen molar-refractivity contribution >= 4 is 31.6 Å². The van der Waals surface area contributed by atoms with Crippen molar-refractivity contribution in [2.24, 2.45) is 0 Å². The fourth-order valence-corrected chi connectivity index (χ4v) is 7.16. The van der Waals surface area contributed by atoms with E-state index in [0.29, 0.717) is 26.2 Å². The van der Waals surface area contributed by atoms with E-state index >= 15 is 0 Å². The van der Waals surface area contributed by atoms with Crippen LogP contribution in [0, 0.1) is 0 Å². The summed E-state index contributed by atoms with van der Waals surface area (Å²) in [5.74, 6) is -0.814. The van der Waals surface area contributed by atoms with Crippen LogP contribution in [0.4, 0.5) is 5.69 Å². The lowest BCUT2D eigenvalue weighted by Gasteiger charge is -2.24. The number of furan rings is 1. The van der Waals surface area contributed by atoms with Gasteiger partial charge in [-0.05, 0) is 56.0 Å². The molecule has 1 aromatic carbocycles. The van der Waals surface area contributed by atoms with Gasteiger partial charge in [0.05, 0.1) is 4.90 Å². The second-order valence-electron chi connectivity index (χ2n) is 8.38. The summed E-state index contributed by atoms with van der Waals surface area (Å²) in [6, 6.07) is 8.64. The molecule has 11 heteroatoms. The third-order valence-corrected chi connectivity index (χ3v) is 9.68. The number of hydrogen-bond acceptors (Lipinski definition) is 6. The monoisotopic (exact) mass is 495 g/mol. The minimum absolute atomic E-state index is 0.106. The lowest BCUT2D eigenvalue weighted by atomic mass is 10.2. The number of rotatable bonds is 6. The molecule has 0 saturated carbocycles. The van der Waals surface area contributed by atoms with Crippen LogP contribution in [0.25, 0.3) is 0 Å². The number of piperidine rings is 1. The van der Waals surface area contributed by atoms with Gasteiger partial charge in [-0.2, -0.15) is 8.61 Å². The molecule has 0 bridgehead atoms. The van der Waals surface area contributed by atoms with Crippen molar-refractivity contribution in [3.8, 4) is 0 Å². The normalized spacial score (nSPS) is 19.2. The summed E-state index contributed by atoms with van der Waals surface area (Å²) >= 11 is 0. The molecule has 0 atom stereocenters. The zero-order chi connectivity index (χ0) is 23.5. The smallest absolute Gasteiger partial charge is 0.291 e. The highest BCUT2D eigenvalue weighted by molar-refractivity contribution is 7.89. The van der Waals surface area contributed by atoms with Crippen LogP contribution < -0.4 is 5.32 Å². The summed E-state index contributed by atoms with van der Waals surface area (Å²) in [5.41, 5.74) is 0.285. The number of benzene rings is 1. The summed E-state index contributed by atoms with van der Waals surface area (Å²) < 4.78 is 59.8. The van der Waals surface area contributed by atoms with Gasteiger partial charge in [0.25, 0.3) is 15.9 Å². The zero-order valence-electron chi connectivity index (χ0n) is 18.4. The van der Waals surface area contributed by atoms with E-state index in [2.05, 4.69) is 5.32 Å². The molecule has 2 saturated heterocycles. The maximum Gasteiger partial charge on any atom is 0.291 e. The molecule has 3 heterocycles. The van der Waals surface area contributed by atoms with Crippen molar-refractivity contribution in [1.29, 1.82) is 0 Å². The molecule has 1 amide bonds. The van der Waals surface area contributed by atoms with E-state index < -0.39 is 26.0 Å². The second kappa shape index (κ2) is 9.96. The highest BCUT2D eigenvalue weighted by atomic mass is 32.2. The second-order valence-corrected chi connectivity index (χ2v) is 12.2. The SMILES string of the molecule is O=C(Nc1cccc(S(=O)(=O)N2CCCCCC2)c1)c1ccc(S(=O)(=O)N2CCCCC2)o1. The summed E-state index contributed by atoms with van der Waals surface area (Å²) in [6.45, 7) is 1.84. The Morgan fingerprint density at radius 2 is 1.33 bits per heavy atom. The third kappa shape index (κ3) is 5.32. The van der Waals surface area contributed by atoms with E-state index in [4.69, 9.17) is 4.42 Å². The molecule has 180 valence electrons. The quantitative estimate of drug-likeness (QED) is 0.657. The van der Waals surface area contributed by atoms with Gasteiger partial charge in [0.15, 0.2) is 5.76 Å². The Balaban J connectivity index is 1.48. The van der Waals surface area contributed by atoms with Gasteiger partial charge in [0.1, 0.15) is 0 Å². The van der Waals surface area contributed by atoms with Crippen LogP contribution in [0.15, 0.2) is 50.8 Å². The first-order valence-electron chi connectivity index (χ1n) is 11.3. The third-order valence-electron chi connectivity index (χ3n) is 6.01. The van der Waals surface area contributed by atoms with Gasteiger partial charge in [0, 0.05) is 31.9 Å². The van der Waals surface area contributed by atoms with Gasteiger partial charge in [-0.3, -0.25) is 4.79 Å². The van der Waals surface area contributed by atoms with Crippen LogP contribution in [0.5, 0.6) is 0 Å². The average molecular weight is 496 g/mol. The van der Waals surface area contributed by atoms with E-state index in [9.17, 15) is 21.6 Å². The molecule has 2 aromatic rings. The summed E-state index contributed by atoms with van der Waals surface area (Å²) in [6.07, 6.45) is 6.27. The number of sulfonamides is 2. The van der Waals surface area contributed by atoms with Crippen molar-refractivity contribution in [3.05, 3.63) is 42.2 Å². The molecule has 0 radical (unpaired) electrons. The van der Waals surface area contributed by atoms with Crippen LogP contribution >= 0.6 is 0 Å². The number of hydrogen-bond donors (Lipinski definition) is 1. The maximum absolute atomic E-state index is 13.0. The van der Waals surface area contributed by atoms with Crippen molar-refractivity contribution in [2.75, 3.05) is 31.5 Å². The van der Waals surface area contributed by atoms with Crippen LogP contribution in [-0.4, -0.2) is 57.5 Å². The summed E-state index contributed by atoms with van der Waals surface area (Å²) in [5, 5.41) is 2.33. The van der Waals surface area contributed by atoms with Crippen molar-refractivity contribution in [2.45, 2.75) is 54.9 Å². The zero-order valence-corrected chi connectivity index (χ0v) is 20.0. The molecule has 2 aliphatic heterocycles. The Morgan fingerprint density at radius 1 is 0.758 bits per heavy atom. The molecule has 33 heavy (non-hydrogen) atoms. The Hall–Kier alpha value is -2.21. The molecule has 0 aliphatic carbocycles. The lowest BCUT2D eigenvalue weighted by molar-refractivity contribution is 0.0991. The molecule has 2 aliphatic rings. The van der Waals surface area contributed by atoms with E-state index in [0.717, 1.165) is 44.9 Å². The van der Waals surface area contributed by atoms with Crippen molar-refractivity contribution in [1.82, 2.24) is 8.61 Å². The minimum atomic E-state index is -3.79. The summed E-state index contributed by atoms with van der Waals surface area (Å²) in [4.78, 5) is 12.8. The van der Waals surface area contributed by atoms with Gasteiger partial charge < -0.3 is 9.73 Å². The Kier molecular flexibility index (Phi) is 7.22. The molecule has 0 unspecified atom stereocenters. The molecular weight excluding hydrogens is 466 g/mol. The van der Waals surface area contributed by atoms with Crippen molar-refractivity contribution in [3.63, 3.8) is 0 Å². The number of carbonyl (C=O) groups is 1. The van der Waals surface area contributed by atoms with E-state index in [1.165, 1.54) is 32.9 Å². The maximum atomic E-state index is 13.0. The standard InChI is InChI=1S/C22H29N3O6S2/c26-22(20-11-12-21(31-20)33(29,30)25-15-6-3-7-16-25)23-18-9-8-10-19(17-18)32(27,28)24-13-4-1-2-5-14-24/h8-12,17H,1-7,13-16H2,(H,23,26). The fourth-order valence-electron chi connectivity index (χ4n) is 4.17. The molecule has 1 N–H and O–H groups in total. The van der Waals surface area contributed by atoms with E-state index in [1.54, 1.807) is 12.1 Å². The summed E-state index contributed by atoms with van der Waals surface area (Å²) in [7, 11) is -7.45. The van der Waals surface area contributed by atoms with Gasteiger partial charge in [0.2, 0.25) is 15.1 Å². The highest BCUT2D eigenvalue weighted by Gasteiger charge is 2.30. The van der Waals surface area contributed by atoms with Crippen LogP contribution in [-0.2, 0) is 20.0 Å². The minimum Gasteiger partial charge on any atom is -0.438 e. The number of amides is 1. The predicted octanol–water partition coefficient (Wildman–Crippen LogP) is 3.27. The van der Waals surface area contributed by atoms with Gasteiger partial charge in [-0.1, -0.05) is 25.3 Å². The van der Waals surface area contributed by atoms with Crippen LogP contribution in [0.1, 0.15) is 55.5 Å². The fraction of sp³-hybridized carbons (Fsp3) is 0.500. The molecule has 9 nitrogen and oxygen atoms in total. The highest BCUT2D eigenvalue weighted by Crippen LogP contribution is 2.25. The number of carbonyl (C=O) groups excluding carboxylic acids is 1. The van der Waals surface area contributed by atoms with Crippen molar-refractivity contribution < 1.29 is 26.0 Å². The van der Waals surface area contributed by atoms with Gasteiger partial charge in [-0.15, -0.1) is 0 Å². The Bertz CT molecular complexity index is 1190. The number of nitrogens with zero attached hydrogens (tertiary/aromatic N) is 2. The first-order valence-corrected chi connectivity index (χ1v) is 14.2. The van der Waals surface area contributed by atoms with Gasteiger partial charge >= 0.3 is 0 Å². The number of nitrogens with one attached hydrogen (secondary N) is 1. The molecule has 1 aromatic heterocycles. The topological polar surface area (TPSA) is 117 Å².